The van der Waals surface area contributed by atoms with Crippen LogP contribution >= 0.6 is 0 Å². The van der Waals surface area contributed by atoms with Crippen LogP contribution in [0.4, 0.5) is 5.82 Å². The number of aliphatic hydroxyl groups excluding tert-OH is 1. The molecular formula is C24H27N5O2. The van der Waals surface area contributed by atoms with Crippen LogP contribution in [-0.4, -0.2) is 31.2 Å². The molecule has 31 heavy (non-hydrogen) atoms. The summed E-state index contributed by atoms with van der Waals surface area (Å²) in [6.45, 7) is 0.138. The molecule has 1 saturated carbocycles. The second-order valence-corrected chi connectivity index (χ2v) is 8.59. The van der Waals surface area contributed by atoms with E-state index in [0.29, 0.717) is 29.6 Å². The Morgan fingerprint density at radius 3 is 2.90 bits per heavy atom. The summed E-state index contributed by atoms with van der Waals surface area (Å²) >= 11 is 0. The van der Waals surface area contributed by atoms with Gasteiger partial charge in [0.1, 0.15) is 11.5 Å². The number of H-pyrrole nitrogens is 1. The summed E-state index contributed by atoms with van der Waals surface area (Å²) in [5.74, 6) is 1.15. The average molecular weight is 418 g/mol. The monoisotopic (exact) mass is 417 g/mol. The van der Waals surface area contributed by atoms with E-state index >= 15 is 0 Å². The molecule has 2 unspecified atom stereocenters. The predicted octanol–water partition coefficient (Wildman–Crippen LogP) is 3.36. The van der Waals surface area contributed by atoms with Gasteiger partial charge < -0.3 is 20.4 Å². The SMILES string of the molecule is Nc1ccc2cc(CCO)c(CCC3CCC(n4ccc5c(=O)[nH]cnc54)C3)cc2n1. The van der Waals surface area contributed by atoms with Crippen LogP contribution in [-0.2, 0) is 12.8 Å². The number of rotatable bonds is 6. The first-order chi connectivity index (χ1) is 15.1. The molecule has 1 aliphatic rings. The highest BCUT2D eigenvalue weighted by Gasteiger charge is 2.27. The van der Waals surface area contributed by atoms with Gasteiger partial charge in [0.15, 0.2) is 0 Å². The van der Waals surface area contributed by atoms with E-state index in [1.165, 1.54) is 23.9 Å². The fourth-order valence-electron chi connectivity index (χ4n) is 5.06. The van der Waals surface area contributed by atoms with Gasteiger partial charge in [0.25, 0.3) is 5.56 Å². The molecular weight excluding hydrogens is 390 g/mol. The molecule has 1 aromatic carbocycles. The lowest BCUT2D eigenvalue weighted by Crippen LogP contribution is -2.09. The number of nitrogen functional groups attached to an aromatic ring is 1. The lowest BCUT2D eigenvalue weighted by molar-refractivity contribution is 0.299. The highest BCUT2D eigenvalue weighted by molar-refractivity contribution is 5.82. The van der Waals surface area contributed by atoms with E-state index in [9.17, 15) is 9.90 Å². The van der Waals surface area contributed by atoms with Gasteiger partial charge in [-0.1, -0.05) is 0 Å². The summed E-state index contributed by atoms with van der Waals surface area (Å²) in [4.78, 5) is 23.5. The lowest BCUT2D eigenvalue weighted by Gasteiger charge is -2.16. The third-order valence-electron chi connectivity index (χ3n) is 6.66. The number of aliphatic hydroxyl groups is 1. The van der Waals surface area contributed by atoms with Gasteiger partial charge in [-0.3, -0.25) is 4.79 Å². The van der Waals surface area contributed by atoms with Gasteiger partial charge >= 0.3 is 0 Å². The van der Waals surface area contributed by atoms with Crippen molar-refractivity contribution in [1.29, 1.82) is 0 Å². The van der Waals surface area contributed by atoms with Crippen molar-refractivity contribution in [3.8, 4) is 0 Å². The van der Waals surface area contributed by atoms with Gasteiger partial charge in [-0.05, 0) is 85.9 Å². The molecule has 0 radical (unpaired) electrons. The Morgan fingerprint density at radius 1 is 1.16 bits per heavy atom. The Balaban J connectivity index is 1.32. The number of hydrogen-bond acceptors (Lipinski definition) is 5. The molecule has 0 saturated heterocycles. The van der Waals surface area contributed by atoms with Crippen molar-refractivity contribution >= 4 is 27.8 Å². The lowest BCUT2D eigenvalue weighted by atomic mass is 9.93. The van der Waals surface area contributed by atoms with Gasteiger partial charge in [-0.15, -0.1) is 0 Å². The van der Waals surface area contributed by atoms with Crippen LogP contribution in [0.1, 0.15) is 42.9 Å². The van der Waals surface area contributed by atoms with Crippen LogP contribution in [0, 0.1) is 5.92 Å². The number of aromatic amines is 1. The van der Waals surface area contributed by atoms with Gasteiger partial charge in [0, 0.05) is 24.2 Å². The smallest absolute Gasteiger partial charge is 0.260 e. The molecule has 1 fully saturated rings. The van der Waals surface area contributed by atoms with Gasteiger partial charge in [0.2, 0.25) is 0 Å². The molecule has 3 heterocycles. The topological polar surface area (TPSA) is 110 Å². The Hall–Kier alpha value is -3.19. The molecule has 7 nitrogen and oxygen atoms in total. The molecule has 0 spiro atoms. The first-order valence-corrected chi connectivity index (χ1v) is 11.0. The van der Waals surface area contributed by atoms with Crippen LogP contribution in [0.15, 0.2) is 47.7 Å². The number of nitrogens with two attached hydrogens (primary N) is 1. The van der Waals surface area contributed by atoms with E-state index in [1.54, 1.807) is 0 Å². The molecule has 5 rings (SSSR count). The van der Waals surface area contributed by atoms with Crippen LogP contribution in [0.5, 0.6) is 0 Å². The zero-order valence-electron chi connectivity index (χ0n) is 17.4. The maximum atomic E-state index is 12.0. The average Bonchev–Trinajstić information content (AvgIpc) is 3.40. The predicted molar refractivity (Wildman–Crippen MR) is 122 cm³/mol. The zero-order valence-corrected chi connectivity index (χ0v) is 17.4. The summed E-state index contributed by atoms with van der Waals surface area (Å²) in [5, 5.41) is 11.2. The summed E-state index contributed by atoms with van der Waals surface area (Å²) in [6, 6.07) is 10.3. The van der Waals surface area contributed by atoms with E-state index in [1.807, 2.05) is 24.4 Å². The van der Waals surface area contributed by atoms with Crippen molar-refractivity contribution in [1.82, 2.24) is 19.5 Å². The largest absolute Gasteiger partial charge is 0.396 e. The molecule has 7 heteroatoms. The second-order valence-electron chi connectivity index (χ2n) is 8.59. The number of nitrogens with one attached hydrogen (secondary N) is 1. The molecule has 3 aromatic heterocycles. The normalized spacial score (nSPS) is 18.9. The number of aryl methyl sites for hydroxylation is 1. The summed E-state index contributed by atoms with van der Waals surface area (Å²) in [7, 11) is 0. The minimum Gasteiger partial charge on any atom is -0.396 e. The maximum absolute atomic E-state index is 12.0. The number of fused-ring (bicyclic) bond motifs is 2. The quantitative estimate of drug-likeness (QED) is 0.446. The number of hydrogen-bond donors (Lipinski definition) is 3. The first-order valence-electron chi connectivity index (χ1n) is 11.0. The molecule has 0 amide bonds. The summed E-state index contributed by atoms with van der Waals surface area (Å²) in [5.41, 5.74) is 9.92. The third kappa shape index (κ3) is 3.81. The van der Waals surface area contributed by atoms with Gasteiger partial charge in [-0.2, -0.15) is 0 Å². The number of nitrogens with zero attached hydrogens (tertiary/aromatic N) is 3. The summed E-state index contributed by atoms with van der Waals surface area (Å²) in [6.07, 6.45) is 9.55. The number of anilines is 1. The van der Waals surface area contributed by atoms with Crippen LogP contribution < -0.4 is 11.3 Å². The Labute approximate surface area is 180 Å². The molecule has 1 aliphatic carbocycles. The van der Waals surface area contributed by atoms with Crippen molar-refractivity contribution in [2.75, 3.05) is 12.3 Å². The van der Waals surface area contributed by atoms with E-state index in [-0.39, 0.29) is 12.2 Å². The maximum Gasteiger partial charge on any atom is 0.260 e. The number of aromatic nitrogens is 4. The van der Waals surface area contributed by atoms with Crippen molar-refractivity contribution in [3.05, 3.63) is 64.3 Å². The molecule has 160 valence electrons. The highest BCUT2D eigenvalue weighted by Crippen LogP contribution is 2.38. The van der Waals surface area contributed by atoms with Crippen LogP contribution in [0.3, 0.4) is 0 Å². The minimum atomic E-state index is -0.0831. The van der Waals surface area contributed by atoms with E-state index in [4.69, 9.17) is 5.73 Å². The van der Waals surface area contributed by atoms with Gasteiger partial charge in [0.05, 0.1) is 17.2 Å². The number of benzene rings is 1. The van der Waals surface area contributed by atoms with Crippen LogP contribution in [0.25, 0.3) is 21.9 Å². The first kappa shape index (κ1) is 19.8. The fourth-order valence-corrected chi connectivity index (χ4v) is 5.06. The Morgan fingerprint density at radius 2 is 2.03 bits per heavy atom. The van der Waals surface area contributed by atoms with Crippen molar-refractivity contribution in [3.63, 3.8) is 0 Å². The highest BCUT2D eigenvalue weighted by atomic mass is 16.3. The molecule has 0 bridgehead atoms. The van der Waals surface area contributed by atoms with Crippen molar-refractivity contribution < 1.29 is 5.11 Å². The van der Waals surface area contributed by atoms with Crippen molar-refractivity contribution in [2.24, 2.45) is 5.92 Å². The number of pyridine rings is 1. The van der Waals surface area contributed by atoms with Crippen molar-refractivity contribution in [2.45, 2.75) is 44.6 Å². The zero-order chi connectivity index (χ0) is 21.4. The third-order valence-corrected chi connectivity index (χ3v) is 6.66. The molecule has 4 N–H and O–H groups in total. The standard InChI is InChI=1S/C24H27N5O2/c25-22-6-4-18-12-17(8-10-30)16(13-21(18)28-22)3-1-15-2-5-19(11-15)29-9-7-20-23(29)26-14-27-24(20)31/h4,6-7,9,12-15,19,30H,1-3,5,8,10-11H2,(H2,25,28)(H,26,27,31). The van der Waals surface area contributed by atoms with E-state index in [0.717, 1.165) is 42.2 Å². The van der Waals surface area contributed by atoms with Gasteiger partial charge in [-0.25, -0.2) is 9.97 Å². The fraction of sp³-hybridized carbons (Fsp3) is 0.375. The minimum absolute atomic E-state index is 0.0831. The second kappa shape index (κ2) is 8.15. The Bertz CT molecular complexity index is 1290. The molecule has 0 aliphatic heterocycles. The summed E-state index contributed by atoms with van der Waals surface area (Å²) < 4.78 is 2.17. The van der Waals surface area contributed by atoms with E-state index < -0.39 is 0 Å². The van der Waals surface area contributed by atoms with Crippen LogP contribution in [0.2, 0.25) is 0 Å². The molecule has 2 atom stereocenters. The van der Waals surface area contributed by atoms with E-state index in [2.05, 4.69) is 31.7 Å². The molecule has 4 aromatic rings. The Kier molecular flexibility index (Phi) is 5.19.